The van der Waals surface area contributed by atoms with Crippen LogP contribution in [-0.4, -0.2) is 0 Å². The minimum absolute atomic E-state index is 0.693. The summed E-state index contributed by atoms with van der Waals surface area (Å²) in [6, 6.07) is 5.03. The molecule has 2 fully saturated rings. The molecule has 4 atom stereocenters. The van der Waals surface area contributed by atoms with Crippen LogP contribution < -0.4 is 0 Å². The van der Waals surface area contributed by atoms with Gasteiger partial charge in [0.15, 0.2) is 0 Å². The SMILES string of the molecule is Cc1cc2c(cc1C)C1CCC3(C)CCCC3C1CC2. The van der Waals surface area contributed by atoms with E-state index in [2.05, 4.69) is 32.9 Å². The van der Waals surface area contributed by atoms with Gasteiger partial charge in [-0.2, -0.15) is 0 Å². The number of hydrogen-bond donors (Lipinski definition) is 0. The molecule has 0 bridgehead atoms. The first kappa shape index (κ1) is 12.9. The Morgan fingerprint density at radius 1 is 1.00 bits per heavy atom. The summed E-state index contributed by atoms with van der Waals surface area (Å²) in [5.74, 6) is 2.90. The molecule has 0 heteroatoms. The van der Waals surface area contributed by atoms with Crippen LogP contribution in [0.25, 0.3) is 0 Å². The summed E-state index contributed by atoms with van der Waals surface area (Å²) in [6.07, 6.45) is 10.2. The van der Waals surface area contributed by atoms with Gasteiger partial charge in [-0.1, -0.05) is 25.5 Å². The molecule has 20 heavy (non-hydrogen) atoms. The zero-order chi connectivity index (χ0) is 13.9. The van der Waals surface area contributed by atoms with E-state index >= 15 is 0 Å². The monoisotopic (exact) mass is 268 g/mol. The van der Waals surface area contributed by atoms with Gasteiger partial charge in [0.05, 0.1) is 0 Å². The number of benzene rings is 1. The lowest BCUT2D eigenvalue weighted by atomic mass is 9.56. The van der Waals surface area contributed by atoms with Gasteiger partial charge in [0.1, 0.15) is 0 Å². The van der Waals surface area contributed by atoms with E-state index < -0.39 is 0 Å². The third kappa shape index (κ3) is 1.73. The highest BCUT2D eigenvalue weighted by Gasteiger charge is 2.50. The van der Waals surface area contributed by atoms with Crippen LogP contribution in [0.4, 0.5) is 0 Å². The standard InChI is InChI=1S/C20H28/c1-13-11-15-6-7-17-16(18(15)12-14(13)2)8-10-20(3)9-4-5-19(17)20/h11-12,16-17,19H,4-10H2,1-3H3. The quantitative estimate of drug-likeness (QED) is 0.578. The van der Waals surface area contributed by atoms with Crippen molar-refractivity contribution in [3.05, 3.63) is 34.4 Å². The molecule has 0 nitrogen and oxygen atoms in total. The molecule has 1 aromatic rings. The summed E-state index contributed by atoms with van der Waals surface area (Å²) in [5, 5.41) is 0. The minimum Gasteiger partial charge on any atom is -0.0594 e. The molecule has 0 saturated heterocycles. The Balaban J connectivity index is 1.74. The normalized spacial score (nSPS) is 39.0. The second-order valence-corrected chi connectivity index (χ2v) is 8.14. The van der Waals surface area contributed by atoms with Crippen LogP contribution in [0.15, 0.2) is 12.1 Å². The van der Waals surface area contributed by atoms with E-state index in [9.17, 15) is 0 Å². The highest BCUT2D eigenvalue weighted by Crippen LogP contribution is 2.60. The van der Waals surface area contributed by atoms with Gasteiger partial charge in [0.25, 0.3) is 0 Å². The van der Waals surface area contributed by atoms with E-state index in [1.165, 1.54) is 56.1 Å². The Morgan fingerprint density at radius 3 is 2.65 bits per heavy atom. The average Bonchev–Trinajstić information content (AvgIpc) is 2.82. The van der Waals surface area contributed by atoms with E-state index in [-0.39, 0.29) is 0 Å². The molecule has 0 radical (unpaired) electrons. The van der Waals surface area contributed by atoms with Crippen LogP contribution in [0.1, 0.15) is 73.6 Å². The van der Waals surface area contributed by atoms with Gasteiger partial charge >= 0.3 is 0 Å². The fourth-order valence-corrected chi connectivity index (χ4v) is 5.85. The second kappa shape index (κ2) is 4.36. The maximum atomic E-state index is 2.59. The second-order valence-electron chi connectivity index (χ2n) is 8.14. The van der Waals surface area contributed by atoms with Crippen molar-refractivity contribution in [1.82, 2.24) is 0 Å². The van der Waals surface area contributed by atoms with Crippen LogP contribution in [0, 0.1) is 31.1 Å². The minimum atomic E-state index is 0.693. The van der Waals surface area contributed by atoms with Crippen LogP contribution in [0.5, 0.6) is 0 Å². The van der Waals surface area contributed by atoms with Gasteiger partial charge in [0.2, 0.25) is 0 Å². The highest BCUT2D eigenvalue weighted by molar-refractivity contribution is 5.41. The number of hydrogen-bond acceptors (Lipinski definition) is 0. The Bertz CT molecular complexity index is 541. The summed E-state index contributed by atoms with van der Waals surface area (Å²) in [7, 11) is 0. The Kier molecular flexibility index (Phi) is 2.81. The third-order valence-electron chi connectivity index (χ3n) is 7.12. The predicted octanol–water partition coefficient (Wildman–Crippen LogP) is 5.55. The van der Waals surface area contributed by atoms with E-state index in [1.807, 2.05) is 0 Å². The van der Waals surface area contributed by atoms with Gasteiger partial charge in [-0.15, -0.1) is 0 Å². The molecular formula is C20H28. The first-order valence-corrected chi connectivity index (χ1v) is 8.68. The summed E-state index contributed by atoms with van der Waals surface area (Å²) in [4.78, 5) is 0. The zero-order valence-electron chi connectivity index (χ0n) is 13.3. The van der Waals surface area contributed by atoms with Gasteiger partial charge in [0, 0.05) is 0 Å². The topological polar surface area (TPSA) is 0 Å². The van der Waals surface area contributed by atoms with Crippen molar-refractivity contribution in [2.45, 2.75) is 71.6 Å². The molecule has 1 aromatic carbocycles. The molecule has 0 aromatic heterocycles. The lowest BCUT2D eigenvalue weighted by molar-refractivity contribution is 0.0598. The van der Waals surface area contributed by atoms with Gasteiger partial charge in [-0.25, -0.2) is 0 Å². The molecule has 4 unspecified atom stereocenters. The maximum absolute atomic E-state index is 2.59. The highest BCUT2D eigenvalue weighted by atomic mass is 14.5. The number of fused-ring (bicyclic) bond motifs is 5. The van der Waals surface area contributed by atoms with E-state index in [0.717, 1.165) is 17.8 Å². The van der Waals surface area contributed by atoms with Crippen LogP contribution in [0.2, 0.25) is 0 Å². The van der Waals surface area contributed by atoms with Gasteiger partial charge in [-0.3, -0.25) is 0 Å². The van der Waals surface area contributed by atoms with Crippen LogP contribution in [-0.2, 0) is 6.42 Å². The molecule has 0 amide bonds. The average molecular weight is 268 g/mol. The molecule has 2 saturated carbocycles. The zero-order valence-corrected chi connectivity index (χ0v) is 13.3. The van der Waals surface area contributed by atoms with E-state index in [1.54, 1.807) is 11.1 Å². The van der Waals surface area contributed by atoms with Crippen LogP contribution in [0.3, 0.4) is 0 Å². The molecular weight excluding hydrogens is 240 g/mol. The van der Waals surface area contributed by atoms with Crippen molar-refractivity contribution in [3.8, 4) is 0 Å². The lowest BCUT2D eigenvalue weighted by Crippen LogP contribution is -2.39. The van der Waals surface area contributed by atoms with Gasteiger partial charge in [-0.05, 0) is 97.8 Å². The molecule has 0 N–H and O–H groups in total. The van der Waals surface area contributed by atoms with Crippen molar-refractivity contribution in [3.63, 3.8) is 0 Å². The van der Waals surface area contributed by atoms with Crippen molar-refractivity contribution < 1.29 is 0 Å². The Hall–Kier alpha value is -0.780. The summed E-state index contributed by atoms with van der Waals surface area (Å²) in [6.45, 7) is 7.16. The predicted molar refractivity (Wildman–Crippen MR) is 85.2 cm³/mol. The van der Waals surface area contributed by atoms with Crippen molar-refractivity contribution in [2.24, 2.45) is 17.3 Å². The Labute approximate surface area is 124 Å². The van der Waals surface area contributed by atoms with E-state index in [0.29, 0.717) is 5.41 Å². The molecule has 0 spiro atoms. The first-order chi connectivity index (χ1) is 9.58. The summed E-state index contributed by atoms with van der Waals surface area (Å²) < 4.78 is 0. The lowest BCUT2D eigenvalue weighted by Gasteiger charge is -2.49. The smallest absolute Gasteiger partial charge is 0.0128 e. The van der Waals surface area contributed by atoms with Gasteiger partial charge < -0.3 is 0 Å². The fraction of sp³-hybridized carbons (Fsp3) is 0.700. The molecule has 4 rings (SSSR count). The molecule has 0 heterocycles. The summed E-state index contributed by atoms with van der Waals surface area (Å²) in [5.41, 5.74) is 7.10. The molecule has 0 aliphatic heterocycles. The van der Waals surface area contributed by atoms with Crippen molar-refractivity contribution >= 4 is 0 Å². The first-order valence-electron chi connectivity index (χ1n) is 8.68. The van der Waals surface area contributed by atoms with Crippen LogP contribution >= 0.6 is 0 Å². The molecule has 3 aliphatic carbocycles. The number of aryl methyl sites for hydroxylation is 3. The summed E-state index contributed by atoms with van der Waals surface area (Å²) >= 11 is 0. The molecule has 3 aliphatic rings. The molecule has 108 valence electrons. The number of rotatable bonds is 0. The van der Waals surface area contributed by atoms with Crippen molar-refractivity contribution in [2.75, 3.05) is 0 Å². The largest absolute Gasteiger partial charge is 0.0594 e. The van der Waals surface area contributed by atoms with Crippen molar-refractivity contribution in [1.29, 1.82) is 0 Å². The maximum Gasteiger partial charge on any atom is -0.0128 e. The Morgan fingerprint density at radius 2 is 1.80 bits per heavy atom. The third-order valence-corrected chi connectivity index (χ3v) is 7.12. The van der Waals surface area contributed by atoms with E-state index in [4.69, 9.17) is 0 Å². The fourth-order valence-electron chi connectivity index (χ4n) is 5.85.